The molecule has 2 aromatic rings. The Labute approximate surface area is 117 Å². The second kappa shape index (κ2) is 4.85. The van der Waals surface area contributed by atoms with Crippen LogP contribution in [0.15, 0.2) is 17.3 Å². The van der Waals surface area contributed by atoms with Crippen molar-refractivity contribution in [1.82, 2.24) is 19.7 Å². The van der Waals surface area contributed by atoms with Crippen molar-refractivity contribution in [2.75, 3.05) is 4.72 Å². The lowest BCUT2D eigenvalue weighted by Crippen LogP contribution is -2.03. The van der Waals surface area contributed by atoms with Crippen LogP contribution in [0.25, 0.3) is 0 Å². The van der Waals surface area contributed by atoms with Crippen LogP contribution in [0.3, 0.4) is 0 Å². The van der Waals surface area contributed by atoms with E-state index in [0.29, 0.717) is 11.9 Å². The highest BCUT2D eigenvalue weighted by molar-refractivity contribution is 8.00. The number of nitrogens with zero attached hydrogens (tertiary/aromatic N) is 4. The zero-order valence-corrected chi connectivity index (χ0v) is 12.2. The smallest absolute Gasteiger partial charge is 0.233 e. The van der Waals surface area contributed by atoms with E-state index in [1.807, 2.05) is 19.4 Å². The summed E-state index contributed by atoms with van der Waals surface area (Å²) >= 11 is 1.48. The zero-order chi connectivity index (χ0) is 13.4. The van der Waals surface area contributed by atoms with Gasteiger partial charge in [0.1, 0.15) is 0 Å². The van der Waals surface area contributed by atoms with E-state index >= 15 is 0 Å². The van der Waals surface area contributed by atoms with Gasteiger partial charge in [0.15, 0.2) is 0 Å². The van der Waals surface area contributed by atoms with Gasteiger partial charge in [0, 0.05) is 24.6 Å². The van der Waals surface area contributed by atoms with Gasteiger partial charge in [0.25, 0.3) is 0 Å². The second-order valence-electron chi connectivity index (χ2n) is 4.96. The van der Waals surface area contributed by atoms with Crippen molar-refractivity contribution in [3.63, 3.8) is 0 Å². The third-order valence-corrected chi connectivity index (χ3v) is 3.98. The largest absolute Gasteiger partial charge is 0.294 e. The molecule has 3 rings (SSSR count). The fraction of sp³-hybridized carbons (Fsp3) is 0.462. The van der Waals surface area contributed by atoms with E-state index in [9.17, 15) is 0 Å². The van der Waals surface area contributed by atoms with Gasteiger partial charge < -0.3 is 0 Å². The standard InChI is InChI=1S/C13H17N5S/c1-8-12(10-4-5-10)9(2)16-13(15-8)17-19-11-6-14-18(3)7-11/h6-7,10H,4-5H2,1-3H3,(H,15,16,17). The zero-order valence-electron chi connectivity index (χ0n) is 11.3. The number of aryl methyl sites for hydroxylation is 3. The van der Waals surface area contributed by atoms with Crippen LogP contribution in [0.2, 0.25) is 0 Å². The average Bonchev–Trinajstić information content (AvgIpc) is 3.08. The van der Waals surface area contributed by atoms with Crippen LogP contribution in [-0.2, 0) is 7.05 Å². The van der Waals surface area contributed by atoms with Crippen molar-refractivity contribution in [3.8, 4) is 0 Å². The van der Waals surface area contributed by atoms with Crippen LogP contribution in [0.4, 0.5) is 5.95 Å². The Balaban J connectivity index is 1.74. The number of hydrogen-bond donors (Lipinski definition) is 1. The van der Waals surface area contributed by atoms with E-state index in [2.05, 4.69) is 33.6 Å². The Hall–Kier alpha value is -1.56. The average molecular weight is 275 g/mol. The molecular formula is C13H17N5S. The summed E-state index contributed by atoms with van der Waals surface area (Å²) in [5, 5.41) is 4.12. The monoisotopic (exact) mass is 275 g/mol. The minimum absolute atomic E-state index is 0.674. The van der Waals surface area contributed by atoms with Crippen LogP contribution in [0, 0.1) is 13.8 Å². The molecule has 1 fully saturated rings. The summed E-state index contributed by atoms with van der Waals surface area (Å²) in [7, 11) is 1.90. The molecule has 0 radical (unpaired) electrons. The van der Waals surface area contributed by atoms with Gasteiger partial charge in [0.05, 0.1) is 11.1 Å². The number of anilines is 1. The molecule has 100 valence electrons. The first-order chi connectivity index (χ1) is 9.13. The Kier molecular flexibility index (Phi) is 3.18. The molecule has 5 nitrogen and oxygen atoms in total. The van der Waals surface area contributed by atoms with Crippen LogP contribution in [0.1, 0.15) is 35.7 Å². The highest BCUT2D eigenvalue weighted by Crippen LogP contribution is 2.42. The normalized spacial score (nSPS) is 14.7. The first-order valence-electron chi connectivity index (χ1n) is 6.40. The summed E-state index contributed by atoms with van der Waals surface area (Å²) in [5.74, 6) is 1.37. The molecule has 19 heavy (non-hydrogen) atoms. The number of aromatic nitrogens is 4. The molecular weight excluding hydrogens is 258 g/mol. The van der Waals surface area contributed by atoms with Crippen molar-refractivity contribution in [1.29, 1.82) is 0 Å². The van der Waals surface area contributed by atoms with Crippen LogP contribution in [-0.4, -0.2) is 19.7 Å². The van der Waals surface area contributed by atoms with Crippen molar-refractivity contribution >= 4 is 17.9 Å². The predicted molar refractivity (Wildman–Crippen MR) is 76.2 cm³/mol. The van der Waals surface area contributed by atoms with Gasteiger partial charge >= 0.3 is 0 Å². The maximum absolute atomic E-state index is 4.55. The maximum Gasteiger partial charge on any atom is 0.233 e. The number of rotatable bonds is 4. The van der Waals surface area contributed by atoms with Crippen molar-refractivity contribution in [2.45, 2.75) is 37.5 Å². The Bertz CT molecular complexity index is 580. The van der Waals surface area contributed by atoms with Crippen LogP contribution >= 0.6 is 11.9 Å². The van der Waals surface area contributed by atoms with E-state index in [0.717, 1.165) is 16.3 Å². The Morgan fingerprint density at radius 3 is 2.47 bits per heavy atom. The van der Waals surface area contributed by atoms with Gasteiger partial charge in [-0.1, -0.05) is 0 Å². The first-order valence-corrected chi connectivity index (χ1v) is 7.22. The van der Waals surface area contributed by atoms with E-state index in [4.69, 9.17) is 0 Å². The third-order valence-electron chi connectivity index (χ3n) is 3.25. The minimum Gasteiger partial charge on any atom is -0.294 e. The fourth-order valence-corrected chi connectivity index (χ4v) is 2.90. The molecule has 1 N–H and O–H groups in total. The van der Waals surface area contributed by atoms with Gasteiger partial charge in [0.2, 0.25) is 5.95 Å². The highest BCUT2D eigenvalue weighted by Gasteiger charge is 2.28. The molecule has 1 aliphatic carbocycles. The molecule has 6 heteroatoms. The summed E-state index contributed by atoms with van der Waals surface area (Å²) in [5.41, 5.74) is 3.55. The maximum atomic E-state index is 4.55. The van der Waals surface area contributed by atoms with Crippen LogP contribution in [0.5, 0.6) is 0 Å². The summed E-state index contributed by atoms with van der Waals surface area (Å²) in [6, 6.07) is 0. The molecule has 2 aromatic heterocycles. The molecule has 0 saturated heterocycles. The van der Waals surface area contributed by atoms with Gasteiger partial charge in [-0.2, -0.15) is 5.10 Å². The van der Waals surface area contributed by atoms with Crippen molar-refractivity contribution < 1.29 is 0 Å². The molecule has 2 heterocycles. The van der Waals surface area contributed by atoms with Crippen molar-refractivity contribution in [3.05, 3.63) is 29.3 Å². The third kappa shape index (κ3) is 2.73. The molecule has 1 aliphatic rings. The topological polar surface area (TPSA) is 55.6 Å². The fourth-order valence-electron chi connectivity index (χ4n) is 2.29. The Morgan fingerprint density at radius 1 is 1.26 bits per heavy atom. The summed E-state index contributed by atoms with van der Waals surface area (Å²) in [4.78, 5) is 10.1. The van der Waals surface area contributed by atoms with Crippen molar-refractivity contribution in [2.24, 2.45) is 7.05 Å². The van der Waals surface area contributed by atoms with Crippen LogP contribution < -0.4 is 4.72 Å². The van der Waals surface area contributed by atoms with Gasteiger partial charge in [-0.25, -0.2) is 9.97 Å². The highest BCUT2D eigenvalue weighted by atomic mass is 32.2. The summed E-state index contributed by atoms with van der Waals surface area (Å²) in [6.45, 7) is 4.14. The minimum atomic E-state index is 0.674. The van der Waals surface area contributed by atoms with E-state index in [-0.39, 0.29) is 0 Å². The summed E-state index contributed by atoms with van der Waals surface area (Å²) < 4.78 is 4.96. The van der Waals surface area contributed by atoms with Gasteiger partial charge in [-0.05, 0) is 50.1 Å². The lowest BCUT2D eigenvalue weighted by Gasteiger charge is -2.10. The van der Waals surface area contributed by atoms with Gasteiger partial charge in [-0.15, -0.1) is 0 Å². The number of hydrogen-bond acceptors (Lipinski definition) is 5. The quantitative estimate of drug-likeness (QED) is 0.870. The van der Waals surface area contributed by atoms with E-state index < -0.39 is 0 Å². The molecule has 0 amide bonds. The predicted octanol–water partition coefficient (Wildman–Crippen LogP) is 2.82. The lowest BCUT2D eigenvalue weighted by molar-refractivity contribution is 0.766. The van der Waals surface area contributed by atoms with E-state index in [1.165, 1.54) is 30.4 Å². The second-order valence-corrected chi connectivity index (χ2v) is 5.84. The molecule has 0 unspecified atom stereocenters. The molecule has 0 bridgehead atoms. The van der Waals surface area contributed by atoms with Gasteiger partial charge in [-0.3, -0.25) is 9.40 Å². The van der Waals surface area contributed by atoms with E-state index in [1.54, 1.807) is 4.68 Å². The molecule has 0 aromatic carbocycles. The first kappa shape index (κ1) is 12.5. The molecule has 1 saturated carbocycles. The number of nitrogens with one attached hydrogen (secondary N) is 1. The summed E-state index contributed by atoms with van der Waals surface area (Å²) in [6.07, 6.45) is 6.33. The molecule has 0 spiro atoms. The molecule has 0 atom stereocenters. The SMILES string of the molecule is Cc1nc(NSc2cnn(C)c2)nc(C)c1C1CC1. The lowest BCUT2D eigenvalue weighted by atomic mass is 10.1. The Morgan fingerprint density at radius 2 is 1.95 bits per heavy atom. The molecule has 0 aliphatic heterocycles.